The Morgan fingerprint density at radius 1 is 0.829 bits per heavy atom. The smallest absolute Gasteiger partial charge is 0.246 e. The number of rotatable bonds is 14. The van der Waals surface area contributed by atoms with Crippen molar-refractivity contribution in [1.29, 1.82) is 0 Å². The highest BCUT2D eigenvalue weighted by Gasteiger charge is 2.31. The van der Waals surface area contributed by atoms with Crippen molar-refractivity contribution in [1.82, 2.24) is 10.6 Å². The Labute approximate surface area is 228 Å². The minimum atomic E-state index is -0.483. The third-order valence-electron chi connectivity index (χ3n) is 5.41. The lowest BCUT2D eigenvalue weighted by atomic mass is 9.79. The second kappa shape index (κ2) is 19.0. The molecule has 0 aliphatic heterocycles. The molecule has 0 aromatic rings. The zero-order chi connectivity index (χ0) is 26.5. The standard InChI is InChI=1S/C16H32N2O2.C10H20N2O.2ClH/c1-8-14(13(2)19)12-16(3,4)15(20)17-10-9-11-18(5,6)7;1-9(2)10(13)11-7-6-8-12(3,4)5;;/h14H,8-12H2,1-7H3;1,6-8H2,2-5H3;2*1H. The summed E-state index contributed by atoms with van der Waals surface area (Å²) in [5, 5.41) is 5.81. The van der Waals surface area contributed by atoms with Crippen molar-refractivity contribution >= 4 is 17.6 Å². The fourth-order valence-corrected chi connectivity index (χ4v) is 3.19. The highest BCUT2D eigenvalue weighted by Crippen LogP contribution is 2.28. The molecule has 0 radical (unpaired) electrons. The van der Waals surface area contributed by atoms with Gasteiger partial charge in [-0.05, 0) is 26.7 Å². The van der Waals surface area contributed by atoms with Gasteiger partial charge in [0.25, 0.3) is 0 Å². The summed E-state index contributed by atoms with van der Waals surface area (Å²) in [6.07, 6.45) is 3.39. The maximum Gasteiger partial charge on any atom is 0.246 e. The van der Waals surface area contributed by atoms with Crippen LogP contribution in [0, 0.1) is 11.3 Å². The van der Waals surface area contributed by atoms with Gasteiger partial charge in [0.15, 0.2) is 0 Å². The molecule has 2 amide bonds. The van der Waals surface area contributed by atoms with Crippen molar-refractivity contribution in [3.63, 3.8) is 0 Å². The van der Waals surface area contributed by atoms with Gasteiger partial charge in [0.05, 0.1) is 55.4 Å². The van der Waals surface area contributed by atoms with Gasteiger partial charge >= 0.3 is 0 Å². The van der Waals surface area contributed by atoms with E-state index in [0.29, 0.717) is 18.5 Å². The van der Waals surface area contributed by atoms with Crippen LogP contribution < -0.4 is 35.4 Å². The van der Waals surface area contributed by atoms with Crippen molar-refractivity contribution in [2.75, 3.05) is 68.5 Å². The average molecular weight is 542 g/mol. The number of hydrogen-bond acceptors (Lipinski definition) is 3. The molecule has 0 heterocycles. The van der Waals surface area contributed by atoms with Gasteiger partial charge in [-0.15, -0.1) is 0 Å². The lowest BCUT2D eigenvalue weighted by Gasteiger charge is -2.28. The molecule has 0 aromatic carbocycles. The van der Waals surface area contributed by atoms with Crippen molar-refractivity contribution in [3.05, 3.63) is 12.2 Å². The third kappa shape index (κ3) is 24.3. The van der Waals surface area contributed by atoms with E-state index in [1.165, 1.54) is 0 Å². The fraction of sp³-hybridized carbons (Fsp3) is 0.808. The molecule has 0 rings (SSSR count). The average Bonchev–Trinajstić information content (AvgIpc) is 2.65. The summed E-state index contributed by atoms with van der Waals surface area (Å²) in [5.41, 5.74) is 0.0911. The topological polar surface area (TPSA) is 75.3 Å². The van der Waals surface area contributed by atoms with Gasteiger partial charge < -0.3 is 44.4 Å². The molecule has 0 bridgehead atoms. The Kier molecular flexibility index (Phi) is 22.3. The summed E-state index contributed by atoms with van der Waals surface area (Å²) in [6.45, 7) is 16.3. The number of ketones is 1. The Balaban J connectivity index is -0.000000281. The first-order valence-electron chi connectivity index (χ1n) is 12.2. The van der Waals surface area contributed by atoms with Crippen LogP contribution in [0.5, 0.6) is 0 Å². The van der Waals surface area contributed by atoms with E-state index in [1.54, 1.807) is 13.8 Å². The first-order valence-corrected chi connectivity index (χ1v) is 12.2. The molecular formula is C26H54Cl2N4O3. The molecule has 0 spiro atoms. The summed E-state index contributed by atoms with van der Waals surface area (Å²) in [6, 6.07) is 0. The molecule has 0 saturated heterocycles. The summed E-state index contributed by atoms with van der Waals surface area (Å²) in [4.78, 5) is 34.8. The number of amides is 2. The molecule has 1 atom stereocenters. The lowest BCUT2D eigenvalue weighted by molar-refractivity contribution is -0.870. The zero-order valence-electron chi connectivity index (χ0n) is 24.3. The molecular weight excluding hydrogens is 487 g/mol. The van der Waals surface area contributed by atoms with Crippen molar-refractivity contribution in [2.24, 2.45) is 11.3 Å². The number of halogens is 2. The molecule has 0 aliphatic carbocycles. The van der Waals surface area contributed by atoms with Gasteiger partial charge in [-0.3, -0.25) is 14.4 Å². The van der Waals surface area contributed by atoms with Gasteiger partial charge in [-0.25, -0.2) is 0 Å². The van der Waals surface area contributed by atoms with Crippen molar-refractivity contribution in [3.8, 4) is 0 Å². The Bertz CT molecular complexity index is 639. The maximum atomic E-state index is 12.2. The largest absolute Gasteiger partial charge is 1.00 e. The van der Waals surface area contributed by atoms with Crippen molar-refractivity contribution in [2.45, 2.75) is 60.3 Å². The van der Waals surface area contributed by atoms with Gasteiger partial charge in [-0.1, -0.05) is 27.4 Å². The highest BCUT2D eigenvalue weighted by atomic mass is 35.5. The van der Waals surface area contributed by atoms with Gasteiger partial charge in [0.2, 0.25) is 11.8 Å². The van der Waals surface area contributed by atoms with E-state index in [9.17, 15) is 14.4 Å². The van der Waals surface area contributed by atoms with E-state index >= 15 is 0 Å². The number of carbonyl (C=O) groups excluding carboxylic acids is 3. The third-order valence-corrected chi connectivity index (χ3v) is 5.41. The number of nitrogens with one attached hydrogen (secondary N) is 2. The number of carbonyl (C=O) groups is 3. The van der Waals surface area contributed by atoms with Crippen LogP contribution in [0.1, 0.15) is 60.3 Å². The first-order chi connectivity index (χ1) is 14.8. The second-order valence-electron chi connectivity index (χ2n) is 11.8. The minimum Gasteiger partial charge on any atom is -1.00 e. The monoisotopic (exact) mass is 540 g/mol. The normalized spacial score (nSPS) is 12.1. The van der Waals surface area contributed by atoms with Gasteiger partial charge in [0, 0.05) is 42.8 Å². The quantitative estimate of drug-likeness (QED) is 0.140. The molecule has 7 nitrogen and oxygen atoms in total. The van der Waals surface area contributed by atoms with Gasteiger partial charge in [-0.2, -0.15) is 0 Å². The maximum absolute atomic E-state index is 12.2. The molecule has 0 fully saturated rings. The van der Waals surface area contributed by atoms with E-state index in [4.69, 9.17) is 0 Å². The van der Waals surface area contributed by atoms with Crippen LogP contribution in [-0.4, -0.2) is 95.0 Å². The van der Waals surface area contributed by atoms with E-state index in [-0.39, 0.29) is 48.3 Å². The number of quaternary nitrogens is 2. The number of Topliss-reactive ketones (excluding diaryl/α,β-unsaturated/α-hetero) is 1. The van der Waals surface area contributed by atoms with Crippen LogP contribution in [0.2, 0.25) is 0 Å². The van der Waals surface area contributed by atoms with E-state index in [1.807, 2.05) is 20.8 Å². The molecule has 1 unspecified atom stereocenters. The predicted molar refractivity (Wildman–Crippen MR) is 139 cm³/mol. The molecule has 210 valence electrons. The van der Waals surface area contributed by atoms with Crippen LogP contribution in [0.4, 0.5) is 0 Å². The van der Waals surface area contributed by atoms with Gasteiger partial charge in [0.1, 0.15) is 5.78 Å². The lowest BCUT2D eigenvalue weighted by Crippen LogP contribution is -3.00. The Morgan fingerprint density at radius 3 is 1.54 bits per heavy atom. The minimum absolute atomic E-state index is 0. The summed E-state index contributed by atoms with van der Waals surface area (Å²) >= 11 is 0. The van der Waals surface area contributed by atoms with Crippen LogP contribution in [0.25, 0.3) is 0 Å². The van der Waals surface area contributed by atoms with E-state index < -0.39 is 5.41 Å². The molecule has 0 aliphatic rings. The number of nitrogens with zero attached hydrogens (tertiary/aromatic N) is 2. The first kappa shape index (κ1) is 41.0. The SMILES string of the molecule is C=C(C)C(=O)NCCC[N+](C)(C)C.CCC(CC(C)(C)C(=O)NCCC[N+](C)(C)C)C(C)=O.[Cl-].[Cl-]. The van der Waals surface area contributed by atoms with E-state index in [2.05, 4.69) is 59.5 Å². The second-order valence-corrected chi connectivity index (χ2v) is 11.8. The van der Waals surface area contributed by atoms with Crippen molar-refractivity contribution < 1.29 is 48.2 Å². The molecule has 2 N–H and O–H groups in total. The fourth-order valence-electron chi connectivity index (χ4n) is 3.19. The van der Waals surface area contributed by atoms with E-state index in [0.717, 1.165) is 47.9 Å². The summed E-state index contributed by atoms with van der Waals surface area (Å²) in [7, 11) is 12.8. The molecule has 35 heavy (non-hydrogen) atoms. The van der Waals surface area contributed by atoms with Crippen LogP contribution in [-0.2, 0) is 14.4 Å². The molecule has 9 heteroatoms. The highest BCUT2D eigenvalue weighted by molar-refractivity contribution is 5.92. The van der Waals surface area contributed by atoms with Crippen LogP contribution >= 0.6 is 0 Å². The molecule has 0 saturated carbocycles. The molecule has 0 aromatic heterocycles. The predicted octanol–water partition coefficient (Wildman–Crippen LogP) is -2.99. The van der Waals surface area contributed by atoms with Crippen LogP contribution in [0.15, 0.2) is 12.2 Å². The Morgan fingerprint density at radius 2 is 1.23 bits per heavy atom. The van der Waals surface area contributed by atoms with Crippen LogP contribution in [0.3, 0.4) is 0 Å². The number of hydrogen-bond donors (Lipinski definition) is 2. The summed E-state index contributed by atoms with van der Waals surface area (Å²) < 4.78 is 1.84. The summed E-state index contributed by atoms with van der Waals surface area (Å²) in [5.74, 6) is 0.181. The Hall–Kier alpha value is -1.15. The zero-order valence-corrected chi connectivity index (χ0v) is 25.8.